The molecule has 0 saturated carbocycles. The number of rotatable bonds is 6. The molecule has 0 aromatic carbocycles. The highest BCUT2D eigenvalue weighted by atomic mass is 35.5. The topological polar surface area (TPSA) is 9.23 Å². The lowest BCUT2D eigenvalue weighted by Gasteiger charge is -2.27. The fourth-order valence-electron chi connectivity index (χ4n) is 0.655. The van der Waals surface area contributed by atoms with Crippen LogP contribution in [0.5, 0.6) is 0 Å². The maximum Gasteiger partial charge on any atom is 0.459 e. The average Bonchev–Trinajstić information content (AvgIpc) is 2.10. The van der Waals surface area contributed by atoms with E-state index in [2.05, 4.69) is 4.74 Å². The van der Waals surface area contributed by atoms with E-state index in [9.17, 15) is 30.7 Å². The van der Waals surface area contributed by atoms with Gasteiger partial charge in [0.05, 0.1) is 0 Å². The molecule has 0 aliphatic rings. The maximum atomic E-state index is 12.5. The zero-order valence-electron chi connectivity index (χ0n) is 7.76. The Bertz CT molecular complexity index is 215. The van der Waals surface area contributed by atoms with Crippen LogP contribution < -0.4 is 0 Å². The molecular formula is C7H8ClF7O. The van der Waals surface area contributed by atoms with Crippen molar-refractivity contribution in [2.24, 2.45) is 0 Å². The van der Waals surface area contributed by atoms with Crippen LogP contribution in [0, 0.1) is 0 Å². The Balaban J connectivity index is 4.41. The van der Waals surface area contributed by atoms with Gasteiger partial charge in [-0.2, -0.15) is 30.7 Å². The van der Waals surface area contributed by atoms with E-state index in [1.807, 2.05) is 0 Å². The second-order valence-electron chi connectivity index (χ2n) is 2.87. The standard InChI is InChI=1S/C7H8ClF7O/c8-2-1-3-16-4-5(9,10)6(11,12)7(13,14)15/h1-4H2. The first kappa shape index (κ1) is 15.8. The SMILES string of the molecule is FC(F)(F)C(F)(F)C(F)(F)COCCCCl. The molecule has 0 aromatic heterocycles. The van der Waals surface area contributed by atoms with Gasteiger partial charge >= 0.3 is 18.0 Å². The molecule has 0 atom stereocenters. The number of hydrogen-bond acceptors (Lipinski definition) is 1. The van der Waals surface area contributed by atoms with E-state index in [4.69, 9.17) is 11.6 Å². The molecule has 0 amide bonds. The van der Waals surface area contributed by atoms with Crippen molar-refractivity contribution in [1.82, 2.24) is 0 Å². The third-order valence-corrected chi connectivity index (χ3v) is 1.79. The molecule has 0 aromatic rings. The van der Waals surface area contributed by atoms with Crippen molar-refractivity contribution in [3.8, 4) is 0 Å². The van der Waals surface area contributed by atoms with E-state index in [0.717, 1.165) is 0 Å². The third-order valence-electron chi connectivity index (χ3n) is 1.52. The van der Waals surface area contributed by atoms with Gasteiger partial charge in [0, 0.05) is 12.5 Å². The van der Waals surface area contributed by atoms with Crippen LogP contribution in [0.15, 0.2) is 0 Å². The van der Waals surface area contributed by atoms with Crippen molar-refractivity contribution < 1.29 is 35.5 Å². The fraction of sp³-hybridized carbons (Fsp3) is 1.00. The molecule has 16 heavy (non-hydrogen) atoms. The zero-order chi connectivity index (χ0) is 13.0. The number of hydrogen-bond donors (Lipinski definition) is 0. The van der Waals surface area contributed by atoms with Crippen LogP contribution in [0.25, 0.3) is 0 Å². The minimum Gasteiger partial charge on any atom is -0.375 e. The predicted octanol–water partition coefficient (Wildman–Crippen LogP) is 3.46. The number of alkyl halides is 8. The van der Waals surface area contributed by atoms with Crippen LogP contribution in [-0.4, -0.2) is 37.1 Å². The third kappa shape index (κ3) is 3.65. The summed E-state index contributed by atoms with van der Waals surface area (Å²) in [5.41, 5.74) is 0. The quantitative estimate of drug-likeness (QED) is 0.410. The molecule has 0 unspecified atom stereocenters. The Morgan fingerprint density at radius 1 is 0.938 bits per heavy atom. The molecule has 0 aliphatic carbocycles. The summed E-state index contributed by atoms with van der Waals surface area (Å²) in [7, 11) is 0. The van der Waals surface area contributed by atoms with Gasteiger partial charge < -0.3 is 4.74 Å². The van der Waals surface area contributed by atoms with Crippen LogP contribution in [0.2, 0.25) is 0 Å². The highest BCUT2D eigenvalue weighted by molar-refractivity contribution is 6.17. The number of halogens is 8. The Labute approximate surface area is 91.5 Å². The molecule has 9 heteroatoms. The van der Waals surface area contributed by atoms with Crippen LogP contribution in [0.3, 0.4) is 0 Å². The Hall–Kier alpha value is -0.240. The lowest BCUT2D eigenvalue weighted by atomic mass is 10.2. The van der Waals surface area contributed by atoms with E-state index in [0.29, 0.717) is 0 Å². The second kappa shape index (κ2) is 5.39. The van der Waals surface area contributed by atoms with Crippen molar-refractivity contribution in [1.29, 1.82) is 0 Å². The summed E-state index contributed by atoms with van der Waals surface area (Å²) in [4.78, 5) is 0. The molecule has 98 valence electrons. The van der Waals surface area contributed by atoms with E-state index >= 15 is 0 Å². The van der Waals surface area contributed by atoms with Crippen molar-refractivity contribution in [3.05, 3.63) is 0 Å². The van der Waals surface area contributed by atoms with Crippen molar-refractivity contribution in [2.75, 3.05) is 19.1 Å². The van der Waals surface area contributed by atoms with Gasteiger partial charge in [0.25, 0.3) is 0 Å². The van der Waals surface area contributed by atoms with Crippen molar-refractivity contribution >= 4 is 11.6 Å². The van der Waals surface area contributed by atoms with Gasteiger partial charge in [-0.1, -0.05) is 0 Å². The summed E-state index contributed by atoms with van der Waals surface area (Å²) < 4.78 is 88.3. The molecule has 0 aliphatic heterocycles. The summed E-state index contributed by atoms with van der Waals surface area (Å²) in [5.74, 6) is -11.4. The molecular weight excluding hydrogens is 269 g/mol. The van der Waals surface area contributed by atoms with Crippen molar-refractivity contribution in [3.63, 3.8) is 0 Å². The van der Waals surface area contributed by atoms with Crippen LogP contribution in [0.1, 0.15) is 6.42 Å². The molecule has 0 heterocycles. The molecule has 0 fully saturated rings. The smallest absolute Gasteiger partial charge is 0.375 e. The molecule has 0 N–H and O–H groups in total. The minimum absolute atomic E-state index is 0.0290. The summed E-state index contributed by atoms with van der Waals surface area (Å²) in [6.45, 7) is -2.41. The van der Waals surface area contributed by atoms with Gasteiger partial charge in [-0.15, -0.1) is 11.6 Å². The average molecular weight is 277 g/mol. The lowest BCUT2D eigenvalue weighted by molar-refractivity contribution is -0.361. The first-order valence-electron chi connectivity index (χ1n) is 4.02. The van der Waals surface area contributed by atoms with E-state index in [-0.39, 0.29) is 12.3 Å². The van der Waals surface area contributed by atoms with Crippen LogP contribution >= 0.6 is 11.6 Å². The number of ether oxygens (including phenoxy) is 1. The van der Waals surface area contributed by atoms with Crippen LogP contribution in [0.4, 0.5) is 30.7 Å². The largest absolute Gasteiger partial charge is 0.459 e. The Morgan fingerprint density at radius 3 is 1.81 bits per heavy atom. The predicted molar refractivity (Wildman–Crippen MR) is 42.1 cm³/mol. The van der Waals surface area contributed by atoms with Crippen molar-refractivity contribution in [2.45, 2.75) is 24.4 Å². The molecule has 0 saturated heterocycles. The molecule has 0 spiro atoms. The maximum absolute atomic E-state index is 12.5. The zero-order valence-corrected chi connectivity index (χ0v) is 8.52. The monoisotopic (exact) mass is 276 g/mol. The van der Waals surface area contributed by atoms with Gasteiger partial charge in [-0.25, -0.2) is 0 Å². The highest BCUT2D eigenvalue weighted by Gasteiger charge is 2.72. The first-order chi connectivity index (χ1) is 7.06. The first-order valence-corrected chi connectivity index (χ1v) is 4.56. The van der Waals surface area contributed by atoms with Gasteiger partial charge in [0.15, 0.2) is 0 Å². The lowest BCUT2D eigenvalue weighted by Crippen LogP contribution is -2.54. The van der Waals surface area contributed by atoms with E-state index in [1.54, 1.807) is 0 Å². The Kier molecular flexibility index (Phi) is 5.31. The van der Waals surface area contributed by atoms with E-state index in [1.165, 1.54) is 0 Å². The normalized spacial score (nSPS) is 14.2. The summed E-state index contributed by atoms with van der Waals surface area (Å²) in [5, 5.41) is 0. The summed E-state index contributed by atoms with van der Waals surface area (Å²) in [6, 6.07) is 0. The highest BCUT2D eigenvalue weighted by Crippen LogP contribution is 2.46. The van der Waals surface area contributed by atoms with Gasteiger partial charge in [0.2, 0.25) is 0 Å². The molecule has 0 radical (unpaired) electrons. The summed E-state index contributed by atoms with van der Waals surface area (Å²) >= 11 is 5.12. The van der Waals surface area contributed by atoms with Crippen LogP contribution in [-0.2, 0) is 4.74 Å². The molecule has 0 rings (SSSR count). The molecule has 0 bridgehead atoms. The Morgan fingerprint density at radius 2 is 1.44 bits per heavy atom. The molecule has 1 nitrogen and oxygen atoms in total. The summed E-state index contributed by atoms with van der Waals surface area (Å²) in [6.07, 6.45) is -6.23. The minimum atomic E-state index is -6.31. The fourth-order valence-corrected chi connectivity index (χ4v) is 0.764. The van der Waals surface area contributed by atoms with Gasteiger partial charge in [-0.05, 0) is 6.42 Å². The van der Waals surface area contributed by atoms with E-state index < -0.39 is 31.2 Å². The second-order valence-corrected chi connectivity index (χ2v) is 3.25. The van der Waals surface area contributed by atoms with Gasteiger partial charge in [0.1, 0.15) is 6.61 Å². The van der Waals surface area contributed by atoms with Gasteiger partial charge in [-0.3, -0.25) is 0 Å².